The number of carbonyl (C=O) groups is 1. The van der Waals surface area contributed by atoms with Gasteiger partial charge in [-0.2, -0.15) is 0 Å². The average Bonchev–Trinajstić information content (AvgIpc) is 2.60. The van der Waals surface area contributed by atoms with E-state index in [1.54, 1.807) is 0 Å². The Kier molecular flexibility index (Phi) is 3.50. The lowest BCUT2D eigenvalue weighted by Gasteiger charge is -2.19. The molecule has 0 fully saturated rings. The predicted octanol–water partition coefficient (Wildman–Crippen LogP) is 1.25. The molecule has 0 aliphatic rings. The molecule has 0 aliphatic carbocycles. The summed E-state index contributed by atoms with van der Waals surface area (Å²) in [5, 5.41) is 0. The number of hydrogen-bond acceptors (Lipinski definition) is 2. The summed E-state index contributed by atoms with van der Waals surface area (Å²) in [6.45, 7) is 6.05. The molecule has 84 valence electrons. The van der Waals surface area contributed by atoms with Crippen molar-refractivity contribution in [2.45, 2.75) is 33.9 Å². The lowest BCUT2D eigenvalue weighted by molar-refractivity contribution is -0.671. The van der Waals surface area contributed by atoms with Gasteiger partial charge < -0.3 is 4.74 Å². The maximum absolute atomic E-state index is 11.6. The predicted molar refractivity (Wildman–Crippen MR) is 55.8 cm³/mol. The van der Waals surface area contributed by atoms with Crippen molar-refractivity contribution in [3.63, 3.8) is 0 Å². The Hall–Kier alpha value is -1.32. The Labute approximate surface area is 90.5 Å². The molecular weight excluding hydrogens is 192 g/mol. The first kappa shape index (κ1) is 11.8. The third-order valence-corrected chi connectivity index (χ3v) is 2.60. The van der Waals surface area contributed by atoms with Crippen LogP contribution in [0.4, 0.5) is 0 Å². The Bertz CT molecular complexity index is 342. The molecule has 0 bridgehead atoms. The highest BCUT2D eigenvalue weighted by Crippen LogP contribution is 2.21. The van der Waals surface area contributed by atoms with Crippen LogP contribution in [0.3, 0.4) is 0 Å². The molecule has 0 radical (unpaired) electrons. The third-order valence-electron chi connectivity index (χ3n) is 2.60. The molecule has 0 saturated carbocycles. The van der Waals surface area contributed by atoms with Crippen LogP contribution in [0, 0.1) is 5.41 Å². The van der Waals surface area contributed by atoms with Crippen molar-refractivity contribution >= 4 is 5.97 Å². The van der Waals surface area contributed by atoms with Crippen molar-refractivity contribution in [3.05, 3.63) is 18.7 Å². The fraction of sp³-hybridized carbons (Fsp3) is 0.636. The first-order valence-corrected chi connectivity index (χ1v) is 5.14. The van der Waals surface area contributed by atoms with E-state index in [2.05, 4.69) is 0 Å². The molecule has 1 rings (SSSR count). The van der Waals surface area contributed by atoms with Crippen LogP contribution >= 0.6 is 0 Å². The highest BCUT2D eigenvalue weighted by atomic mass is 16.5. The minimum atomic E-state index is -0.394. The zero-order valence-electron chi connectivity index (χ0n) is 9.86. The van der Waals surface area contributed by atoms with Crippen LogP contribution in [0.25, 0.3) is 0 Å². The molecule has 1 aromatic rings. The zero-order valence-corrected chi connectivity index (χ0v) is 9.86. The summed E-state index contributed by atoms with van der Waals surface area (Å²) in [6.07, 6.45) is 6.42. The first-order valence-electron chi connectivity index (χ1n) is 5.14. The van der Waals surface area contributed by atoms with E-state index in [1.165, 1.54) is 0 Å². The van der Waals surface area contributed by atoms with Gasteiger partial charge in [-0.1, -0.05) is 6.92 Å². The Morgan fingerprint density at radius 1 is 1.53 bits per heavy atom. The minimum absolute atomic E-state index is 0.152. The molecule has 0 aliphatic heterocycles. The number of esters is 1. The lowest BCUT2D eigenvalue weighted by atomic mass is 9.91. The van der Waals surface area contributed by atoms with Crippen LogP contribution in [-0.2, 0) is 23.3 Å². The van der Waals surface area contributed by atoms with Gasteiger partial charge in [0.15, 0.2) is 0 Å². The van der Waals surface area contributed by atoms with Crippen molar-refractivity contribution in [1.29, 1.82) is 0 Å². The van der Waals surface area contributed by atoms with Gasteiger partial charge in [-0.25, -0.2) is 9.13 Å². The van der Waals surface area contributed by atoms with E-state index in [4.69, 9.17) is 4.74 Å². The summed E-state index contributed by atoms with van der Waals surface area (Å²) in [7, 11) is 1.92. The molecule has 4 heteroatoms. The fourth-order valence-electron chi connectivity index (χ4n) is 1.05. The van der Waals surface area contributed by atoms with E-state index in [0.29, 0.717) is 0 Å². The molecule has 0 atom stereocenters. The van der Waals surface area contributed by atoms with E-state index >= 15 is 0 Å². The second kappa shape index (κ2) is 4.47. The topological polar surface area (TPSA) is 35.1 Å². The highest BCUT2D eigenvalue weighted by molar-refractivity contribution is 5.75. The van der Waals surface area contributed by atoms with Crippen LogP contribution in [0.15, 0.2) is 18.7 Å². The normalized spacial score (nSPS) is 11.5. The minimum Gasteiger partial charge on any atom is -0.424 e. The number of aryl methyl sites for hydroxylation is 1. The zero-order chi connectivity index (χ0) is 11.5. The SMILES string of the molecule is CCC(C)(C)C(=O)OCn1cc[n+](C)c1. The van der Waals surface area contributed by atoms with Crippen molar-refractivity contribution in [3.8, 4) is 0 Å². The van der Waals surface area contributed by atoms with Gasteiger partial charge in [0.1, 0.15) is 12.4 Å². The van der Waals surface area contributed by atoms with Gasteiger partial charge in [0.2, 0.25) is 13.1 Å². The Morgan fingerprint density at radius 3 is 2.67 bits per heavy atom. The van der Waals surface area contributed by atoms with Crippen molar-refractivity contribution < 1.29 is 14.1 Å². The van der Waals surface area contributed by atoms with E-state index in [0.717, 1.165) is 6.42 Å². The molecule has 4 nitrogen and oxygen atoms in total. The molecule has 0 aromatic carbocycles. The maximum Gasteiger partial charge on any atom is 0.314 e. The Morgan fingerprint density at radius 2 is 2.20 bits per heavy atom. The molecular formula is C11H19N2O2+. The third kappa shape index (κ3) is 3.08. The fourth-order valence-corrected chi connectivity index (χ4v) is 1.05. The van der Waals surface area contributed by atoms with Crippen LogP contribution in [-0.4, -0.2) is 10.5 Å². The number of nitrogens with zero attached hydrogens (tertiary/aromatic N) is 2. The van der Waals surface area contributed by atoms with Gasteiger partial charge in [-0.15, -0.1) is 0 Å². The average molecular weight is 211 g/mol. The summed E-state index contributed by atoms with van der Waals surface area (Å²) in [5.74, 6) is -0.152. The molecule has 15 heavy (non-hydrogen) atoms. The summed E-state index contributed by atoms with van der Waals surface area (Å²) in [5.41, 5.74) is -0.394. The molecule has 1 heterocycles. The molecule has 0 amide bonds. The van der Waals surface area contributed by atoms with Gasteiger partial charge in [0, 0.05) is 0 Å². The Balaban J connectivity index is 2.47. The number of aromatic nitrogens is 2. The lowest BCUT2D eigenvalue weighted by Crippen LogP contribution is -2.27. The maximum atomic E-state index is 11.6. The summed E-state index contributed by atoms with van der Waals surface area (Å²) in [6, 6.07) is 0. The summed E-state index contributed by atoms with van der Waals surface area (Å²) >= 11 is 0. The second-order valence-electron chi connectivity index (χ2n) is 4.39. The van der Waals surface area contributed by atoms with Crippen LogP contribution in [0.1, 0.15) is 27.2 Å². The van der Waals surface area contributed by atoms with E-state index in [9.17, 15) is 4.79 Å². The van der Waals surface area contributed by atoms with Gasteiger partial charge >= 0.3 is 5.97 Å². The van der Waals surface area contributed by atoms with Gasteiger partial charge in [-0.05, 0) is 20.3 Å². The summed E-state index contributed by atoms with van der Waals surface area (Å²) < 4.78 is 8.93. The van der Waals surface area contributed by atoms with Crippen LogP contribution in [0.5, 0.6) is 0 Å². The number of carbonyl (C=O) groups excluding carboxylic acids is 1. The quantitative estimate of drug-likeness (QED) is 0.555. The molecule has 0 saturated heterocycles. The van der Waals surface area contributed by atoms with E-state index in [-0.39, 0.29) is 12.7 Å². The largest absolute Gasteiger partial charge is 0.424 e. The molecule has 0 unspecified atom stereocenters. The van der Waals surface area contributed by atoms with Crippen LogP contribution < -0.4 is 4.57 Å². The molecule has 0 N–H and O–H groups in total. The van der Waals surface area contributed by atoms with Crippen molar-refractivity contribution in [2.24, 2.45) is 12.5 Å². The smallest absolute Gasteiger partial charge is 0.314 e. The number of ether oxygens (including phenoxy) is 1. The molecule has 0 spiro atoms. The monoisotopic (exact) mass is 211 g/mol. The number of imidazole rings is 1. The van der Waals surface area contributed by atoms with Gasteiger partial charge in [-0.3, -0.25) is 4.79 Å². The van der Waals surface area contributed by atoms with Gasteiger partial charge in [0.05, 0.1) is 12.5 Å². The standard InChI is InChI=1S/C11H19N2O2/c1-5-11(2,3)10(14)15-9-13-7-6-12(4)8-13/h6-8H,5,9H2,1-4H3/q+1. The molecule has 1 aromatic heterocycles. The van der Waals surface area contributed by atoms with Crippen molar-refractivity contribution in [1.82, 2.24) is 4.57 Å². The van der Waals surface area contributed by atoms with Crippen molar-refractivity contribution in [2.75, 3.05) is 0 Å². The first-order chi connectivity index (χ1) is 6.95. The van der Waals surface area contributed by atoms with Gasteiger partial charge in [0.25, 0.3) is 0 Å². The van der Waals surface area contributed by atoms with E-state index in [1.807, 2.05) is 55.7 Å². The highest BCUT2D eigenvalue weighted by Gasteiger charge is 2.27. The van der Waals surface area contributed by atoms with Crippen LogP contribution in [0.2, 0.25) is 0 Å². The number of hydrogen-bond donors (Lipinski definition) is 0. The summed E-state index contributed by atoms with van der Waals surface area (Å²) in [4.78, 5) is 11.6. The van der Waals surface area contributed by atoms with E-state index < -0.39 is 5.41 Å². The second-order valence-corrected chi connectivity index (χ2v) is 4.39. The number of rotatable bonds is 4.